The monoisotopic (exact) mass is 446 g/mol. The minimum atomic E-state index is -2.81. The molecule has 1 amide bonds. The Labute approximate surface area is 183 Å². The maximum absolute atomic E-state index is 13.8. The third-order valence-corrected chi connectivity index (χ3v) is 5.16. The Kier molecular flexibility index (Phi) is 6.40. The van der Waals surface area contributed by atoms with Crippen LogP contribution < -0.4 is 10.2 Å². The number of nitrogens with zero attached hydrogens (tertiary/aromatic N) is 7. The molecule has 1 aliphatic rings. The second-order valence-corrected chi connectivity index (χ2v) is 7.32. The summed E-state index contributed by atoms with van der Waals surface area (Å²) in [5.41, 5.74) is 0.901. The summed E-state index contributed by atoms with van der Waals surface area (Å²) in [6, 6.07) is 6.84. The molecule has 0 saturated carbocycles. The SMILES string of the molecule is CC(=O)N(C)CCNc1nc(N2CCOCC2)nc(-n2c(C(F)F)nc3ccccc32)n1. The van der Waals surface area contributed by atoms with Gasteiger partial charge in [-0.05, 0) is 12.1 Å². The molecule has 0 radical (unpaired) electrons. The number of aromatic nitrogens is 5. The van der Waals surface area contributed by atoms with E-state index in [1.54, 1.807) is 36.2 Å². The second kappa shape index (κ2) is 9.39. The van der Waals surface area contributed by atoms with Crippen LogP contribution in [0.25, 0.3) is 17.0 Å². The highest BCUT2D eigenvalue weighted by Gasteiger charge is 2.24. The van der Waals surface area contributed by atoms with E-state index >= 15 is 0 Å². The molecule has 1 N–H and O–H groups in total. The van der Waals surface area contributed by atoms with Crippen LogP contribution in [0.1, 0.15) is 19.2 Å². The van der Waals surface area contributed by atoms with Crippen molar-refractivity contribution in [3.05, 3.63) is 30.1 Å². The van der Waals surface area contributed by atoms with Crippen LogP contribution >= 0.6 is 0 Å². The minimum Gasteiger partial charge on any atom is -0.378 e. The standard InChI is InChI=1S/C20H24F2N8O2/c1-13(31)28(2)8-7-23-18-25-19(29-9-11-32-12-10-29)27-20(26-18)30-15-6-4-3-5-14(15)24-17(30)16(21)22/h3-6,16H,7-12H2,1-2H3,(H,23,25,26,27). The first-order valence-corrected chi connectivity index (χ1v) is 10.2. The number of amides is 1. The number of ether oxygens (including phenoxy) is 1. The average Bonchev–Trinajstić information content (AvgIpc) is 3.19. The molecular formula is C20H24F2N8O2. The van der Waals surface area contributed by atoms with E-state index in [2.05, 4.69) is 25.3 Å². The number of para-hydroxylation sites is 2. The minimum absolute atomic E-state index is 0.0490. The molecule has 0 aliphatic carbocycles. The molecule has 0 atom stereocenters. The zero-order valence-electron chi connectivity index (χ0n) is 17.8. The second-order valence-electron chi connectivity index (χ2n) is 7.32. The zero-order valence-corrected chi connectivity index (χ0v) is 17.8. The van der Waals surface area contributed by atoms with Gasteiger partial charge in [0.25, 0.3) is 6.43 Å². The predicted molar refractivity (Wildman–Crippen MR) is 114 cm³/mol. The van der Waals surface area contributed by atoms with Gasteiger partial charge in [-0.3, -0.25) is 9.36 Å². The quantitative estimate of drug-likeness (QED) is 0.587. The smallest absolute Gasteiger partial charge is 0.296 e. The normalized spacial score (nSPS) is 14.2. The lowest BCUT2D eigenvalue weighted by Gasteiger charge is -2.27. The van der Waals surface area contributed by atoms with Crippen molar-refractivity contribution in [3.8, 4) is 5.95 Å². The molecule has 170 valence electrons. The van der Waals surface area contributed by atoms with E-state index in [1.807, 2.05) is 4.90 Å². The Balaban J connectivity index is 1.75. The van der Waals surface area contributed by atoms with Gasteiger partial charge in [-0.2, -0.15) is 15.0 Å². The van der Waals surface area contributed by atoms with Gasteiger partial charge in [0.1, 0.15) is 0 Å². The number of hydrogen-bond acceptors (Lipinski definition) is 8. The van der Waals surface area contributed by atoms with Crippen molar-refractivity contribution < 1.29 is 18.3 Å². The van der Waals surface area contributed by atoms with Crippen LogP contribution in [0, 0.1) is 0 Å². The van der Waals surface area contributed by atoms with Gasteiger partial charge in [0.2, 0.25) is 23.8 Å². The summed E-state index contributed by atoms with van der Waals surface area (Å²) in [6.07, 6.45) is -2.81. The predicted octanol–water partition coefficient (Wildman–Crippen LogP) is 1.87. The molecule has 10 nitrogen and oxygen atoms in total. The molecule has 3 aromatic rings. The van der Waals surface area contributed by atoms with Gasteiger partial charge >= 0.3 is 0 Å². The van der Waals surface area contributed by atoms with E-state index in [4.69, 9.17) is 4.74 Å². The highest BCUT2D eigenvalue weighted by molar-refractivity contribution is 5.77. The first-order valence-electron chi connectivity index (χ1n) is 10.2. The highest BCUT2D eigenvalue weighted by atomic mass is 19.3. The lowest BCUT2D eigenvalue weighted by atomic mass is 10.3. The molecule has 1 saturated heterocycles. The number of carbonyl (C=O) groups is 1. The molecular weight excluding hydrogens is 422 g/mol. The van der Waals surface area contributed by atoms with E-state index in [0.29, 0.717) is 56.4 Å². The summed E-state index contributed by atoms with van der Waals surface area (Å²) in [6.45, 7) is 4.47. The molecule has 1 aliphatic heterocycles. The van der Waals surface area contributed by atoms with Crippen molar-refractivity contribution >= 4 is 28.8 Å². The molecule has 3 heterocycles. The fourth-order valence-corrected chi connectivity index (χ4v) is 3.33. The number of alkyl halides is 2. The summed E-state index contributed by atoms with van der Waals surface area (Å²) in [5.74, 6) is 0.134. The largest absolute Gasteiger partial charge is 0.378 e. The number of rotatable bonds is 7. The van der Waals surface area contributed by atoms with Gasteiger partial charge in [-0.1, -0.05) is 12.1 Å². The fraction of sp³-hybridized carbons (Fsp3) is 0.450. The maximum atomic E-state index is 13.8. The number of anilines is 2. The van der Waals surface area contributed by atoms with Gasteiger partial charge in [0.05, 0.1) is 24.2 Å². The van der Waals surface area contributed by atoms with E-state index < -0.39 is 12.2 Å². The van der Waals surface area contributed by atoms with E-state index in [0.717, 1.165) is 0 Å². The fourth-order valence-electron chi connectivity index (χ4n) is 3.33. The summed E-state index contributed by atoms with van der Waals surface area (Å²) in [5, 5.41) is 3.07. The number of likely N-dealkylation sites (N-methyl/N-ethyl adjacent to an activating group) is 1. The number of imidazole rings is 1. The highest BCUT2D eigenvalue weighted by Crippen LogP contribution is 2.27. The third-order valence-electron chi connectivity index (χ3n) is 5.16. The van der Waals surface area contributed by atoms with Crippen molar-refractivity contribution in [2.24, 2.45) is 0 Å². The number of carbonyl (C=O) groups excluding carboxylic acids is 1. The van der Waals surface area contributed by atoms with Gasteiger partial charge in [0.15, 0.2) is 5.82 Å². The van der Waals surface area contributed by atoms with Crippen molar-refractivity contribution in [2.45, 2.75) is 13.3 Å². The van der Waals surface area contributed by atoms with Crippen molar-refractivity contribution in [1.82, 2.24) is 29.4 Å². The molecule has 12 heteroatoms. The van der Waals surface area contributed by atoms with Gasteiger partial charge in [0, 0.05) is 40.2 Å². The van der Waals surface area contributed by atoms with Gasteiger partial charge < -0.3 is 19.9 Å². The lowest BCUT2D eigenvalue weighted by Crippen LogP contribution is -2.38. The Morgan fingerprint density at radius 2 is 1.88 bits per heavy atom. The van der Waals surface area contributed by atoms with E-state index in [9.17, 15) is 13.6 Å². The van der Waals surface area contributed by atoms with Crippen LogP contribution in [-0.4, -0.2) is 81.8 Å². The number of benzene rings is 1. The first kappa shape index (κ1) is 21.8. The van der Waals surface area contributed by atoms with Crippen LogP contribution in [0.3, 0.4) is 0 Å². The van der Waals surface area contributed by atoms with E-state index in [1.165, 1.54) is 11.5 Å². The number of halogens is 2. The molecule has 1 fully saturated rings. The average molecular weight is 446 g/mol. The molecule has 0 unspecified atom stereocenters. The number of hydrogen-bond donors (Lipinski definition) is 1. The summed E-state index contributed by atoms with van der Waals surface area (Å²) in [4.78, 5) is 32.4. The number of nitrogens with one attached hydrogen (secondary N) is 1. The molecule has 2 aromatic heterocycles. The van der Waals surface area contributed by atoms with E-state index in [-0.39, 0.29) is 17.8 Å². The molecule has 32 heavy (non-hydrogen) atoms. The molecule has 1 aromatic carbocycles. The Morgan fingerprint density at radius 1 is 1.16 bits per heavy atom. The first-order chi connectivity index (χ1) is 15.4. The molecule has 4 rings (SSSR count). The maximum Gasteiger partial charge on any atom is 0.296 e. The van der Waals surface area contributed by atoms with Gasteiger partial charge in [-0.25, -0.2) is 13.8 Å². The van der Waals surface area contributed by atoms with Crippen LogP contribution in [0.2, 0.25) is 0 Å². The number of morpholine rings is 1. The Bertz CT molecular complexity index is 1100. The van der Waals surface area contributed by atoms with Crippen molar-refractivity contribution in [3.63, 3.8) is 0 Å². The molecule has 0 bridgehead atoms. The van der Waals surface area contributed by atoms with Crippen LogP contribution in [0.15, 0.2) is 24.3 Å². The summed E-state index contributed by atoms with van der Waals surface area (Å²) >= 11 is 0. The number of fused-ring (bicyclic) bond motifs is 1. The summed E-state index contributed by atoms with van der Waals surface area (Å²) < 4.78 is 34.3. The zero-order chi connectivity index (χ0) is 22.7. The third kappa shape index (κ3) is 4.59. The topological polar surface area (TPSA) is 101 Å². The van der Waals surface area contributed by atoms with Gasteiger partial charge in [-0.15, -0.1) is 0 Å². The van der Waals surface area contributed by atoms with Crippen LogP contribution in [0.5, 0.6) is 0 Å². The van der Waals surface area contributed by atoms with Crippen LogP contribution in [-0.2, 0) is 9.53 Å². The lowest BCUT2D eigenvalue weighted by molar-refractivity contribution is -0.127. The van der Waals surface area contributed by atoms with Crippen LogP contribution in [0.4, 0.5) is 20.7 Å². The Hall–Kier alpha value is -3.41. The summed E-state index contributed by atoms with van der Waals surface area (Å²) in [7, 11) is 1.69. The van der Waals surface area contributed by atoms with Crippen molar-refractivity contribution in [1.29, 1.82) is 0 Å². The molecule has 0 spiro atoms. The van der Waals surface area contributed by atoms with Crippen molar-refractivity contribution in [2.75, 3.05) is 56.7 Å². The Morgan fingerprint density at radius 3 is 2.59 bits per heavy atom.